The summed E-state index contributed by atoms with van der Waals surface area (Å²) in [5.41, 5.74) is 1.13. The van der Waals surface area contributed by atoms with E-state index in [1.807, 2.05) is 41.3 Å². The van der Waals surface area contributed by atoms with Crippen molar-refractivity contribution in [2.45, 2.75) is 25.4 Å². The van der Waals surface area contributed by atoms with Crippen LogP contribution in [0.2, 0.25) is 0 Å². The lowest BCUT2D eigenvalue weighted by Crippen LogP contribution is -2.46. The Bertz CT molecular complexity index is 727. The van der Waals surface area contributed by atoms with Gasteiger partial charge in [0.25, 0.3) is 0 Å². The minimum absolute atomic E-state index is 0.0781. The number of rotatable bonds is 3. The van der Waals surface area contributed by atoms with Crippen LogP contribution in [0.3, 0.4) is 0 Å². The fourth-order valence-electron chi connectivity index (χ4n) is 3.55. The number of amides is 1. The third-order valence-corrected chi connectivity index (χ3v) is 4.92. The van der Waals surface area contributed by atoms with Crippen molar-refractivity contribution >= 4 is 5.91 Å². The topological polar surface area (TPSA) is 51.7 Å². The molecule has 4 rings (SSSR count). The van der Waals surface area contributed by atoms with Crippen molar-refractivity contribution < 1.29 is 14.3 Å². The maximum atomic E-state index is 12.8. The van der Waals surface area contributed by atoms with Crippen molar-refractivity contribution in [1.29, 1.82) is 0 Å². The molecule has 1 amide bonds. The minimum Gasteiger partial charge on any atom is -0.492 e. The fraction of sp³-hybridized carbons (Fsp3) is 0.400. The molecule has 1 atom stereocenters. The van der Waals surface area contributed by atoms with Gasteiger partial charge in [0.1, 0.15) is 24.2 Å². The lowest BCUT2D eigenvalue weighted by molar-refractivity contribution is -0.138. The molecule has 5 nitrogen and oxygen atoms in total. The van der Waals surface area contributed by atoms with Crippen LogP contribution in [0.5, 0.6) is 11.5 Å². The average Bonchev–Trinajstić information content (AvgIpc) is 2.68. The summed E-state index contributed by atoms with van der Waals surface area (Å²) < 4.78 is 11.7. The largest absolute Gasteiger partial charge is 0.492 e. The number of ether oxygens (including phenoxy) is 2. The highest BCUT2D eigenvalue weighted by Gasteiger charge is 2.32. The molecule has 0 spiro atoms. The first kappa shape index (κ1) is 15.9. The number of aromatic nitrogens is 1. The summed E-state index contributed by atoms with van der Waals surface area (Å²) in [4.78, 5) is 18.9. The summed E-state index contributed by atoms with van der Waals surface area (Å²) >= 11 is 0. The standard InChI is InChI=1S/C20H22N2O3/c23-20(16-12-15-4-1-2-6-19(15)24-14-16)22-10-7-17(8-11-22)25-18-5-3-9-21-13-18/h1-6,9,13,16-17H,7-8,10-12,14H2/t16-/m0/s1. The molecule has 130 valence electrons. The highest BCUT2D eigenvalue weighted by Crippen LogP contribution is 2.28. The van der Waals surface area contributed by atoms with E-state index in [1.54, 1.807) is 12.4 Å². The molecule has 0 N–H and O–H groups in total. The Hall–Kier alpha value is -2.56. The molecular weight excluding hydrogens is 316 g/mol. The van der Waals surface area contributed by atoms with E-state index in [9.17, 15) is 4.79 Å². The Morgan fingerprint density at radius 1 is 1.16 bits per heavy atom. The molecule has 0 aliphatic carbocycles. The molecule has 0 saturated carbocycles. The third kappa shape index (κ3) is 3.60. The number of hydrogen-bond acceptors (Lipinski definition) is 4. The van der Waals surface area contributed by atoms with Gasteiger partial charge in [0.2, 0.25) is 5.91 Å². The van der Waals surface area contributed by atoms with Gasteiger partial charge in [-0.3, -0.25) is 9.78 Å². The van der Waals surface area contributed by atoms with E-state index in [4.69, 9.17) is 9.47 Å². The Labute approximate surface area is 147 Å². The maximum Gasteiger partial charge on any atom is 0.229 e. The molecule has 5 heteroatoms. The Balaban J connectivity index is 1.31. The number of nitrogens with zero attached hydrogens (tertiary/aromatic N) is 2. The van der Waals surface area contributed by atoms with E-state index in [1.165, 1.54) is 0 Å². The molecule has 2 aliphatic rings. The van der Waals surface area contributed by atoms with Gasteiger partial charge in [-0.1, -0.05) is 18.2 Å². The van der Waals surface area contributed by atoms with Crippen LogP contribution in [0.1, 0.15) is 18.4 Å². The van der Waals surface area contributed by atoms with E-state index in [2.05, 4.69) is 4.98 Å². The fourth-order valence-corrected chi connectivity index (χ4v) is 3.55. The van der Waals surface area contributed by atoms with E-state index in [-0.39, 0.29) is 17.9 Å². The van der Waals surface area contributed by atoms with Crippen molar-refractivity contribution in [3.63, 3.8) is 0 Å². The molecule has 0 unspecified atom stereocenters. The number of hydrogen-bond donors (Lipinski definition) is 0. The van der Waals surface area contributed by atoms with Crippen LogP contribution in [0.4, 0.5) is 0 Å². The summed E-state index contributed by atoms with van der Waals surface area (Å²) in [6, 6.07) is 11.8. The van der Waals surface area contributed by atoms with E-state index >= 15 is 0 Å². The highest BCUT2D eigenvalue weighted by molar-refractivity contribution is 5.80. The Morgan fingerprint density at radius 2 is 2.00 bits per heavy atom. The van der Waals surface area contributed by atoms with Gasteiger partial charge in [-0.25, -0.2) is 0 Å². The number of pyridine rings is 1. The zero-order chi connectivity index (χ0) is 17.1. The van der Waals surface area contributed by atoms with Gasteiger partial charge in [-0.15, -0.1) is 0 Å². The van der Waals surface area contributed by atoms with E-state index < -0.39 is 0 Å². The number of benzene rings is 1. The van der Waals surface area contributed by atoms with Gasteiger partial charge >= 0.3 is 0 Å². The molecular formula is C20H22N2O3. The molecule has 1 fully saturated rings. The monoisotopic (exact) mass is 338 g/mol. The first-order chi connectivity index (χ1) is 12.3. The Morgan fingerprint density at radius 3 is 2.80 bits per heavy atom. The van der Waals surface area contributed by atoms with E-state index in [0.717, 1.165) is 49.4 Å². The maximum absolute atomic E-state index is 12.8. The summed E-state index contributed by atoms with van der Waals surface area (Å²) in [7, 11) is 0. The van der Waals surface area contributed by atoms with Crippen molar-refractivity contribution in [2.75, 3.05) is 19.7 Å². The number of fused-ring (bicyclic) bond motifs is 1. The van der Waals surface area contributed by atoms with Crippen LogP contribution in [-0.2, 0) is 11.2 Å². The molecule has 0 bridgehead atoms. The predicted molar refractivity (Wildman–Crippen MR) is 93.6 cm³/mol. The number of carbonyl (C=O) groups is 1. The van der Waals surface area contributed by atoms with Gasteiger partial charge < -0.3 is 14.4 Å². The van der Waals surface area contributed by atoms with Crippen molar-refractivity contribution in [2.24, 2.45) is 5.92 Å². The normalized spacial score (nSPS) is 20.5. The van der Waals surface area contributed by atoms with Gasteiger partial charge in [0, 0.05) is 32.1 Å². The van der Waals surface area contributed by atoms with Gasteiger partial charge in [0.05, 0.1) is 12.1 Å². The van der Waals surface area contributed by atoms with Crippen molar-refractivity contribution in [1.82, 2.24) is 9.88 Å². The average molecular weight is 338 g/mol. The molecule has 1 aromatic carbocycles. The first-order valence-corrected chi connectivity index (χ1v) is 8.86. The van der Waals surface area contributed by atoms with Gasteiger partial charge in [-0.2, -0.15) is 0 Å². The summed E-state index contributed by atoms with van der Waals surface area (Å²) in [6.07, 6.45) is 6.08. The van der Waals surface area contributed by atoms with Crippen LogP contribution in [0.25, 0.3) is 0 Å². The van der Waals surface area contributed by atoms with Crippen LogP contribution < -0.4 is 9.47 Å². The number of piperidine rings is 1. The number of likely N-dealkylation sites (tertiary alicyclic amines) is 1. The number of carbonyl (C=O) groups excluding carboxylic acids is 1. The minimum atomic E-state index is -0.0781. The lowest BCUT2D eigenvalue weighted by atomic mass is 9.94. The predicted octanol–water partition coefficient (Wildman–Crippen LogP) is 2.70. The molecule has 2 aromatic rings. The second-order valence-electron chi connectivity index (χ2n) is 6.65. The molecule has 3 heterocycles. The second-order valence-corrected chi connectivity index (χ2v) is 6.65. The molecule has 1 aromatic heterocycles. The molecule has 25 heavy (non-hydrogen) atoms. The second kappa shape index (κ2) is 7.13. The smallest absolute Gasteiger partial charge is 0.229 e. The summed E-state index contributed by atoms with van der Waals surface area (Å²) in [6.45, 7) is 1.95. The van der Waals surface area contributed by atoms with E-state index in [0.29, 0.717) is 6.61 Å². The zero-order valence-corrected chi connectivity index (χ0v) is 14.1. The van der Waals surface area contributed by atoms with Crippen LogP contribution >= 0.6 is 0 Å². The van der Waals surface area contributed by atoms with Crippen molar-refractivity contribution in [3.05, 3.63) is 54.4 Å². The summed E-state index contributed by atoms with van der Waals surface area (Å²) in [5.74, 6) is 1.83. The third-order valence-electron chi connectivity index (χ3n) is 4.92. The van der Waals surface area contributed by atoms with Crippen molar-refractivity contribution in [3.8, 4) is 11.5 Å². The quantitative estimate of drug-likeness (QED) is 0.863. The zero-order valence-electron chi connectivity index (χ0n) is 14.1. The van der Waals surface area contributed by atoms with Crippen LogP contribution in [0.15, 0.2) is 48.8 Å². The number of para-hydroxylation sites is 1. The van der Waals surface area contributed by atoms with Crippen LogP contribution in [-0.4, -0.2) is 41.6 Å². The van der Waals surface area contributed by atoms with Crippen LogP contribution in [0, 0.1) is 5.92 Å². The Kier molecular flexibility index (Phi) is 4.55. The highest BCUT2D eigenvalue weighted by atomic mass is 16.5. The molecule has 2 aliphatic heterocycles. The van der Waals surface area contributed by atoms with Gasteiger partial charge in [0.15, 0.2) is 0 Å². The SMILES string of the molecule is O=C([C@@H]1COc2ccccc2C1)N1CCC(Oc2cccnc2)CC1. The molecule has 0 radical (unpaired) electrons. The molecule has 1 saturated heterocycles. The van der Waals surface area contributed by atoms with Gasteiger partial charge in [-0.05, 0) is 30.2 Å². The first-order valence-electron chi connectivity index (χ1n) is 8.86. The summed E-state index contributed by atoms with van der Waals surface area (Å²) in [5, 5.41) is 0. The lowest BCUT2D eigenvalue weighted by Gasteiger charge is -2.35.